The van der Waals surface area contributed by atoms with Crippen molar-refractivity contribution in [2.24, 2.45) is 4.99 Å². The van der Waals surface area contributed by atoms with Crippen LogP contribution in [0.25, 0.3) is 0 Å². The molecule has 0 aromatic heterocycles. The third-order valence-corrected chi connectivity index (χ3v) is 5.74. The number of hydrogen-bond acceptors (Lipinski definition) is 5. The fourth-order valence-corrected chi connectivity index (χ4v) is 3.58. The standard InChI is InChI=1S/C18H37N5O2/c1-17(2,23-8-12-25-13-9-23)14-20-16(19-3)21-15-18(22(4)5)6-10-24-11-7-18/h6-15H2,1-5H3,(H2,19,20,21). The molecule has 2 aliphatic heterocycles. The van der Waals surface area contributed by atoms with E-state index < -0.39 is 0 Å². The number of guanidine groups is 1. The smallest absolute Gasteiger partial charge is 0.191 e. The molecule has 7 heteroatoms. The molecule has 0 amide bonds. The fraction of sp³-hybridized carbons (Fsp3) is 0.944. The summed E-state index contributed by atoms with van der Waals surface area (Å²) in [4.78, 5) is 9.22. The van der Waals surface area contributed by atoms with Crippen molar-refractivity contribution in [3.8, 4) is 0 Å². The van der Waals surface area contributed by atoms with E-state index in [1.807, 2.05) is 7.05 Å². The predicted octanol–water partition coefficient (Wildman–Crippen LogP) is 0.373. The normalized spacial score (nSPS) is 22.9. The zero-order valence-corrected chi connectivity index (χ0v) is 16.7. The third kappa shape index (κ3) is 5.54. The Morgan fingerprint density at radius 3 is 2.24 bits per heavy atom. The molecule has 0 radical (unpaired) electrons. The van der Waals surface area contributed by atoms with Gasteiger partial charge in [0.1, 0.15) is 0 Å². The van der Waals surface area contributed by atoms with Crippen molar-refractivity contribution in [3.05, 3.63) is 0 Å². The van der Waals surface area contributed by atoms with Crippen LogP contribution in [0.15, 0.2) is 4.99 Å². The molecule has 2 heterocycles. The Morgan fingerprint density at radius 2 is 1.68 bits per heavy atom. The molecule has 2 aliphatic rings. The van der Waals surface area contributed by atoms with Gasteiger partial charge in [-0.1, -0.05) is 0 Å². The van der Waals surface area contributed by atoms with Gasteiger partial charge in [-0.25, -0.2) is 0 Å². The Bertz CT molecular complexity index is 427. The molecule has 0 aliphatic carbocycles. The van der Waals surface area contributed by atoms with Gasteiger partial charge in [0.2, 0.25) is 0 Å². The monoisotopic (exact) mass is 355 g/mol. The van der Waals surface area contributed by atoms with Crippen LogP contribution in [0, 0.1) is 0 Å². The van der Waals surface area contributed by atoms with Gasteiger partial charge < -0.3 is 25.0 Å². The molecule has 2 rings (SSSR count). The van der Waals surface area contributed by atoms with E-state index in [0.29, 0.717) is 0 Å². The van der Waals surface area contributed by atoms with Crippen molar-refractivity contribution in [2.45, 2.75) is 37.8 Å². The summed E-state index contributed by atoms with van der Waals surface area (Å²) in [7, 11) is 6.15. The molecular weight excluding hydrogens is 318 g/mol. The number of morpholine rings is 1. The van der Waals surface area contributed by atoms with Crippen LogP contribution >= 0.6 is 0 Å². The molecule has 0 bridgehead atoms. The maximum Gasteiger partial charge on any atom is 0.191 e. The SMILES string of the molecule is CN=C(NCC(C)(C)N1CCOCC1)NCC1(N(C)C)CCOCC1. The maximum atomic E-state index is 5.55. The molecule has 146 valence electrons. The first-order chi connectivity index (χ1) is 11.9. The van der Waals surface area contributed by atoms with E-state index in [2.05, 4.69) is 53.4 Å². The Morgan fingerprint density at radius 1 is 1.08 bits per heavy atom. The lowest BCUT2D eigenvalue weighted by molar-refractivity contribution is -0.00881. The number of nitrogens with zero attached hydrogens (tertiary/aromatic N) is 3. The first-order valence-electron chi connectivity index (χ1n) is 9.42. The van der Waals surface area contributed by atoms with Gasteiger partial charge in [-0.15, -0.1) is 0 Å². The van der Waals surface area contributed by atoms with Crippen LogP contribution in [0.3, 0.4) is 0 Å². The highest BCUT2D eigenvalue weighted by Crippen LogP contribution is 2.25. The minimum atomic E-state index is 0.0688. The Labute approximate surface area is 153 Å². The van der Waals surface area contributed by atoms with E-state index in [1.54, 1.807) is 0 Å². The van der Waals surface area contributed by atoms with Crippen molar-refractivity contribution < 1.29 is 9.47 Å². The zero-order valence-electron chi connectivity index (χ0n) is 16.7. The first kappa shape index (κ1) is 20.4. The van der Waals surface area contributed by atoms with Gasteiger partial charge in [0.05, 0.1) is 13.2 Å². The second-order valence-corrected chi connectivity index (χ2v) is 7.92. The summed E-state index contributed by atoms with van der Waals surface area (Å²) in [5, 5.41) is 7.04. The number of rotatable bonds is 6. The zero-order chi connectivity index (χ0) is 18.3. The molecular formula is C18H37N5O2. The summed E-state index contributed by atoms with van der Waals surface area (Å²) in [5.74, 6) is 0.869. The van der Waals surface area contributed by atoms with Crippen LogP contribution in [0.4, 0.5) is 0 Å². The quantitative estimate of drug-likeness (QED) is 0.530. The highest BCUT2D eigenvalue weighted by Gasteiger charge is 2.35. The van der Waals surface area contributed by atoms with E-state index in [1.165, 1.54) is 0 Å². The molecule has 7 nitrogen and oxygen atoms in total. The molecule has 25 heavy (non-hydrogen) atoms. The van der Waals surface area contributed by atoms with Crippen LogP contribution in [-0.4, -0.2) is 101 Å². The van der Waals surface area contributed by atoms with E-state index in [-0.39, 0.29) is 11.1 Å². The lowest BCUT2D eigenvalue weighted by atomic mass is 9.88. The van der Waals surface area contributed by atoms with Crippen molar-refractivity contribution in [2.75, 3.05) is 73.7 Å². The van der Waals surface area contributed by atoms with Gasteiger partial charge in [-0.3, -0.25) is 9.89 Å². The number of aliphatic imine (C=N–C) groups is 1. The van der Waals surface area contributed by atoms with E-state index in [4.69, 9.17) is 9.47 Å². The summed E-state index contributed by atoms with van der Waals surface area (Å²) in [5.41, 5.74) is 0.203. The predicted molar refractivity (Wildman–Crippen MR) is 102 cm³/mol. The molecule has 0 spiro atoms. The van der Waals surface area contributed by atoms with Crippen LogP contribution in [0.5, 0.6) is 0 Å². The third-order valence-electron chi connectivity index (χ3n) is 5.74. The van der Waals surface area contributed by atoms with Crippen LogP contribution in [0.1, 0.15) is 26.7 Å². The molecule has 2 saturated heterocycles. The largest absolute Gasteiger partial charge is 0.381 e. The molecule has 0 saturated carbocycles. The summed E-state index contributed by atoms with van der Waals surface area (Å²) < 4.78 is 11.0. The van der Waals surface area contributed by atoms with Crippen molar-refractivity contribution in [3.63, 3.8) is 0 Å². The van der Waals surface area contributed by atoms with Crippen molar-refractivity contribution >= 4 is 5.96 Å². The van der Waals surface area contributed by atoms with Crippen LogP contribution < -0.4 is 10.6 Å². The van der Waals surface area contributed by atoms with Gasteiger partial charge in [0, 0.05) is 57.5 Å². The van der Waals surface area contributed by atoms with Gasteiger partial charge >= 0.3 is 0 Å². The molecule has 0 aromatic carbocycles. The van der Waals surface area contributed by atoms with E-state index in [9.17, 15) is 0 Å². The number of likely N-dealkylation sites (N-methyl/N-ethyl adjacent to an activating group) is 1. The van der Waals surface area contributed by atoms with Crippen LogP contribution in [-0.2, 0) is 9.47 Å². The lowest BCUT2D eigenvalue weighted by Crippen LogP contribution is -2.59. The Balaban J connectivity index is 1.85. The summed E-state index contributed by atoms with van der Waals surface area (Å²) in [6, 6.07) is 0. The molecule has 0 aromatic rings. The molecule has 2 N–H and O–H groups in total. The van der Waals surface area contributed by atoms with Gasteiger partial charge in [0.25, 0.3) is 0 Å². The average molecular weight is 356 g/mol. The maximum absolute atomic E-state index is 5.55. The summed E-state index contributed by atoms with van der Waals surface area (Å²) in [6.07, 6.45) is 2.09. The van der Waals surface area contributed by atoms with Crippen molar-refractivity contribution in [1.29, 1.82) is 0 Å². The fourth-order valence-electron chi connectivity index (χ4n) is 3.58. The summed E-state index contributed by atoms with van der Waals surface area (Å²) in [6.45, 7) is 11.6. The highest BCUT2D eigenvalue weighted by atomic mass is 16.5. The first-order valence-corrected chi connectivity index (χ1v) is 9.42. The minimum absolute atomic E-state index is 0.0688. The Hall–Kier alpha value is -0.890. The second-order valence-electron chi connectivity index (χ2n) is 7.92. The number of nitrogens with one attached hydrogen (secondary N) is 2. The van der Waals surface area contributed by atoms with E-state index in [0.717, 1.165) is 71.4 Å². The molecule has 0 unspecified atom stereocenters. The number of hydrogen-bond donors (Lipinski definition) is 2. The van der Waals surface area contributed by atoms with E-state index >= 15 is 0 Å². The topological polar surface area (TPSA) is 61.4 Å². The lowest BCUT2D eigenvalue weighted by Gasteiger charge is -2.43. The Kier molecular flexibility index (Phi) is 7.49. The van der Waals surface area contributed by atoms with Crippen LogP contribution in [0.2, 0.25) is 0 Å². The van der Waals surface area contributed by atoms with Gasteiger partial charge in [-0.2, -0.15) is 0 Å². The highest BCUT2D eigenvalue weighted by molar-refractivity contribution is 5.79. The second kappa shape index (κ2) is 9.16. The average Bonchev–Trinajstić information content (AvgIpc) is 2.63. The van der Waals surface area contributed by atoms with Gasteiger partial charge in [-0.05, 0) is 40.8 Å². The minimum Gasteiger partial charge on any atom is -0.381 e. The molecule has 0 atom stereocenters. The van der Waals surface area contributed by atoms with Gasteiger partial charge in [0.15, 0.2) is 5.96 Å². The van der Waals surface area contributed by atoms with Crippen molar-refractivity contribution in [1.82, 2.24) is 20.4 Å². The summed E-state index contributed by atoms with van der Waals surface area (Å²) >= 11 is 0. The number of ether oxygens (including phenoxy) is 2. The molecule has 2 fully saturated rings.